The summed E-state index contributed by atoms with van der Waals surface area (Å²) in [6.45, 7) is 2.19. The lowest BCUT2D eigenvalue weighted by molar-refractivity contribution is 0.137. The highest BCUT2D eigenvalue weighted by atomic mass is 15.2. The van der Waals surface area contributed by atoms with Crippen LogP contribution in [0.4, 0.5) is 0 Å². The van der Waals surface area contributed by atoms with E-state index in [1.165, 1.54) is 32.1 Å². The predicted octanol–water partition coefficient (Wildman–Crippen LogP) is 2.36. The second-order valence-corrected chi connectivity index (χ2v) is 4.75. The lowest BCUT2D eigenvalue weighted by atomic mass is 9.92. The van der Waals surface area contributed by atoms with Crippen LogP contribution in [0.1, 0.15) is 51.9 Å². The van der Waals surface area contributed by atoms with Crippen LogP contribution in [0.15, 0.2) is 0 Å². The topological polar surface area (TPSA) is 53.1 Å². The third kappa shape index (κ3) is 3.82. The number of hydrogen-bond acceptors (Lipinski definition) is 2. The molecule has 0 aromatic carbocycles. The van der Waals surface area contributed by atoms with Crippen LogP contribution in [0.2, 0.25) is 0 Å². The highest BCUT2D eigenvalue weighted by Crippen LogP contribution is 2.24. The van der Waals surface area contributed by atoms with Gasteiger partial charge in [-0.05, 0) is 26.3 Å². The van der Waals surface area contributed by atoms with Crippen LogP contribution < -0.4 is 5.73 Å². The summed E-state index contributed by atoms with van der Waals surface area (Å²) < 4.78 is 0. The number of rotatable bonds is 5. The first-order valence-electron chi connectivity index (χ1n) is 6.20. The number of amidine groups is 1. The molecule has 88 valence electrons. The second-order valence-electron chi connectivity index (χ2n) is 4.75. The van der Waals surface area contributed by atoms with Crippen molar-refractivity contribution in [3.63, 3.8) is 0 Å². The molecule has 15 heavy (non-hydrogen) atoms. The molecule has 1 atom stereocenters. The van der Waals surface area contributed by atoms with E-state index in [1.54, 1.807) is 0 Å². The minimum atomic E-state index is 0.324. The SMILES string of the molecule is CCC(CC(=N)N)N(C)C1CCCCC1. The molecule has 0 bridgehead atoms. The maximum Gasteiger partial charge on any atom is 0.0921 e. The zero-order chi connectivity index (χ0) is 11.3. The molecule has 0 aliphatic heterocycles. The fourth-order valence-corrected chi connectivity index (χ4v) is 2.62. The van der Waals surface area contributed by atoms with Gasteiger partial charge in [0.2, 0.25) is 0 Å². The highest BCUT2D eigenvalue weighted by molar-refractivity contribution is 5.77. The van der Waals surface area contributed by atoms with Gasteiger partial charge in [0.05, 0.1) is 5.84 Å². The molecule has 1 aliphatic carbocycles. The zero-order valence-electron chi connectivity index (χ0n) is 10.1. The van der Waals surface area contributed by atoms with Gasteiger partial charge in [-0.2, -0.15) is 0 Å². The van der Waals surface area contributed by atoms with Crippen molar-refractivity contribution in [1.29, 1.82) is 5.41 Å². The van der Waals surface area contributed by atoms with Crippen molar-refractivity contribution in [2.75, 3.05) is 7.05 Å². The molecule has 3 nitrogen and oxygen atoms in total. The van der Waals surface area contributed by atoms with Gasteiger partial charge in [-0.15, -0.1) is 0 Å². The molecule has 3 N–H and O–H groups in total. The van der Waals surface area contributed by atoms with Crippen LogP contribution in [0.3, 0.4) is 0 Å². The molecule has 0 aromatic heterocycles. The predicted molar refractivity (Wildman–Crippen MR) is 65.2 cm³/mol. The molecule has 1 unspecified atom stereocenters. The maximum atomic E-state index is 7.39. The average molecular weight is 211 g/mol. The minimum Gasteiger partial charge on any atom is -0.388 e. The third-order valence-corrected chi connectivity index (χ3v) is 3.65. The summed E-state index contributed by atoms with van der Waals surface area (Å²) in [7, 11) is 2.20. The van der Waals surface area contributed by atoms with Gasteiger partial charge in [0.15, 0.2) is 0 Å². The van der Waals surface area contributed by atoms with Gasteiger partial charge in [-0.3, -0.25) is 5.41 Å². The van der Waals surface area contributed by atoms with E-state index in [4.69, 9.17) is 11.1 Å². The molecular formula is C12H25N3. The van der Waals surface area contributed by atoms with E-state index < -0.39 is 0 Å². The van der Waals surface area contributed by atoms with E-state index in [0.29, 0.717) is 11.9 Å². The number of nitrogens with one attached hydrogen (secondary N) is 1. The van der Waals surface area contributed by atoms with Crippen LogP contribution in [0.5, 0.6) is 0 Å². The van der Waals surface area contributed by atoms with Crippen molar-refractivity contribution >= 4 is 5.84 Å². The minimum absolute atomic E-state index is 0.324. The Bertz CT molecular complexity index is 197. The number of nitrogens with two attached hydrogens (primary N) is 1. The molecule has 0 amide bonds. The number of nitrogens with zero attached hydrogens (tertiary/aromatic N) is 1. The Morgan fingerprint density at radius 1 is 1.40 bits per heavy atom. The molecule has 1 rings (SSSR count). The van der Waals surface area contributed by atoms with Crippen molar-refractivity contribution in [3.8, 4) is 0 Å². The molecule has 3 heteroatoms. The normalized spacial score (nSPS) is 20.5. The van der Waals surface area contributed by atoms with Crippen LogP contribution in [-0.4, -0.2) is 29.9 Å². The summed E-state index contributed by atoms with van der Waals surface area (Å²) >= 11 is 0. The van der Waals surface area contributed by atoms with Crippen molar-refractivity contribution in [2.45, 2.75) is 64.0 Å². The van der Waals surface area contributed by atoms with E-state index in [9.17, 15) is 0 Å². The first-order valence-corrected chi connectivity index (χ1v) is 6.20. The molecule has 0 heterocycles. The van der Waals surface area contributed by atoms with Crippen molar-refractivity contribution in [2.24, 2.45) is 5.73 Å². The fourth-order valence-electron chi connectivity index (χ4n) is 2.62. The van der Waals surface area contributed by atoms with E-state index in [2.05, 4.69) is 18.9 Å². The molecule has 0 saturated heterocycles. The van der Waals surface area contributed by atoms with Gasteiger partial charge >= 0.3 is 0 Å². The summed E-state index contributed by atoms with van der Waals surface area (Å²) in [6, 6.07) is 1.19. The Morgan fingerprint density at radius 2 is 2.00 bits per heavy atom. The van der Waals surface area contributed by atoms with Gasteiger partial charge in [0, 0.05) is 18.5 Å². The van der Waals surface area contributed by atoms with Crippen molar-refractivity contribution in [1.82, 2.24) is 4.90 Å². The molecule has 0 spiro atoms. The zero-order valence-corrected chi connectivity index (χ0v) is 10.1. The summed E-state index contributed by atoms with van der Waals surface area (Å²) in [4.78, 5) is 2.46. The molecule has 1 aliphatic rings. The van der Waals surface area contributed by atoms with Crippen LogP contribution >= 0.6 is 0 Å². The summed E-state index contributed by atoms with van der Waals surface area (Å²) in [5.41, 5.74) is 5.49. The summed E-state index contributed by atoms with van der Waals surface area (Å²) in [5, 5.41) is 7.39. The van der Waals surface area contributed by atoms with Crippen molar-refractivity contribution < 1.29 is 0 Å². The Labute approximate surface area is 93.5 Å². The molecule has 1 saturated carbocycles. The standard InChI is InChI=1S/C12H25N3/c1-3-10(9-12(13)14)15(2)11-7-5-4-6-8-11/h10-11H,3-9H2,1-2H3,(H3,13,14). The summed E-state index contributed by atoms with van der Waals surface area (Å²) in [5.74, 6) is 0.324. The van der Waals surface area contributed by atoms with Crippen LogP contribution in [-0.2, 0) is 0 Å². The lowest BCUT2D eigenvalue weighted by Gasteiger charge is -2.36. The van der Waals surface area contributed by atoms with Crippen LogP contribution in [0, 0.1) is 5.41 Å². The van der Waals surface area contributed by atoms with E-state index in [-0.39, 0.29) is 0 Å². The van der Waals surface area contributed by atoms with E-state index >= 15 is 0 Å². The molecule has 0 aromatic rings. The fraction of sp³-hybridized carbons (Fsp3) is 0.917. The smallest absolute Gasteiger partial charge is 0.0921 e. The van der Waals surface area contributed by atoms with Gasteiger partial charge in [0.1, 0.15) is 0 Å². The monoisotopic (exact) mass is 211 g/mol. The Kier molecular flexibility index (Phi) is 5.09. The quantitative estimate of drug-likeness (QED) is 0.542. The molecule has 0 radical (unpaired) electrons. The van der Waals surface area contributed by atoms with Gasteiger partial charge in [-0.25, -0.2) is 0 Å². The Morgan fingerprint density at radius 3 is 2.47 bits per heavy atom. The van der Waals surface area contributed by atoms with E-state index in [1.807, 2.05) is 0 Å². The molecular weight excluding hydrogens is 186 g/mol. The summed E-state index contributed by atoms with van der Waals surface area (Å²) in [6.07, 6.45) is 8.59. The Balaban J connectivity index is 2.46. The largest absolute Gasteiger partial charge is 0.388 e. The highest BCUT2D eigenvalue weighted by Gasteiger charge is 2.23. The number of hydrogen-bond donors (Lipinski definition) is 2. The lowest BCUT2D eigenvalue weighted by Crippen LogP contribution is -2.42. The first-order chi connectivity index (χ1) is 7.15. The van der Waals surface area contributed by atoms with E-state index in [0.717, 1.165) is 18.9 Å². The van der Waals surface area contributed by atoms with Gasteiger partial charge in [0.25, 0.3) is 0 Å². The van der Waals surface area contributed by atoms with Crippen LogP contribution in [0.25, 0.3) is 0 Å². The average Bonchev–Trinajstić information content (AvgIpc) is 2.26. The third-order valence-electron chi connectivity index (χ3n) is 3.65. The van der Waals surface area contributed by atoms with Gasteiger partial charge in [-0.1, -0.05) is 26.2 Å². The molecule has 1 fully saturated rings. The first kappa shape index (κ1) is 12.5. The van der Waals surface area contributed by atoms with Gasteiger partial charge < -0.3 is 10.6 Å². The van der Waals surface area contributed by atoms with Crippen molar-refractivity contribution in [3.05, 3.63) is 0 Å². The maximum absolute atomic E-state index is 7.39. The Hall–Kier alpha value is -0.570. The second kappa shape index (κ2) is 6.11.